The molecule has 1 saturated heterocycles. The average Bonchev–Trinajstić information content (AvgIpc) is 3.12. The Morgan fingerprint density at radius 1 is 0.737 bits per heavy atom. The summed E-state index contributed by atoms with van der Waals surface area (Å²) in [4.78, 5) is 5.11. The van der Waals surface area contributed by atoms with E-state index in [0.717, 1.165) is 49.9 Å². The van der Waals surface area contributed by atoms with Crippen molar-refractivity contribution in [2.24, 2.45) is 0 Å². The normalized spacial score (nSPS) is 17.8. The third-order valence-electron chi connectivity index (χ3n) is 8.89. The van der Waals surface area contributed by atoms with Crippen LogP contribution in [0.3, 0.4) is 0 Å². The topological polar surface area (TPSA) is 31.6 Å². The van der Waals surface area contributed by atoms with Crippen molar-refractivity contribution in [2.75, 3.05) is 37.6 Å². The minimum absolute atomic E-state index is 0.429. The average molecular weight is 508 g/mol. The number of fused-ring (bicyclic) bond motifs is 1. The first-order valence-electron chi connectivity index (χ1n) is 14.7. The molecule has 1 aliphatic heterocycles. The van der Waals surface area contributed by atoms with E-state index in [9.17, 15) is 5.11 Å². The van der Waals surface area contributed by atoms with E-state index in [2.05, 4.69) is 99.4 Å². The van der Waals surface area contributed by atoms with Gasteiger partial charge in [-0.3, -0.25) is 4.90 Å². The number of aromatic hydroxyl groups is 1. The first-order chi connectivity index (χ1) is 18.8. The molecule has 2 heterocycles. The molecule has 1 aromatic heterocycles. The van der Waals surface area contributed by atoms with Crippen LogP contribution in [0.1, 0.15) is 68.0 Å². The van der Waals surface area contributed by atoms with Crippen LogP contribution in [0, 0.1) is 0 Å². The highest BCUT2D eigenvalue weighted by Crippen LogP contribution is 2.37. The van der Waals surface area contributed by atoms with Crippen molar-refractivity contribution in [3.8, 4) is 5.88 Å². The molecule has 198 valence electrons. The summed E-state index contributed by atoms with van der Waals surface area (Å²) in [7, 11) is 0. The number of hydrogen-bond acceptors (Lipinski definition) is 3. The number of aromatic nitrogens is 1. The Labute approximate surface area is 227 Å². The molecular formula is C34H41N3O. The number of nitrogens with zero attached hydrogens (tertiary/aromatic N) is 3. The van der Waals surface area contributed by atoms with Gasteiger partial charge in [0.25, 0.3) is 0 Å². The highest BCUT2D eigenvalue weighted by Gasteiger charge is 2.22. The van der Waals surface area contributed by atoms with Crippen LogP contribution in [-0.2, 0) is 0 Å². The summed E-state index contributed by atoms with van der Waals surface area (Å²) < 4.78 is 2.16. The van der Waals surface area contributed by atoms with Crippen LogP contribution in [0.15, 0.2) is 85.1 Å². The molecule has 0 radical (unpaired) electrons. The summed E-state index contributed by atoms with van der Waals surface area (Å²) in [5.41, 5.74) is 4.04. The Morgan fingerprint density at radius 3 is 2.00 bits per heavy atom. The number of hydrogen-bond donors (Lipinski definition) is 1. The van der Waals surface area contributed by atoms with Gasteiger partial charge in [-0.1, -0.05) is 92.4 Å². The molecule has 1 saturated carbocycles. The fourth-order valence-electron chi connectivity index (χ4n) is 6.65. The van der Waals surface area contributed by atoms with Gasteiger partial charge in [0.1, 0.15) is 0 Å². The van der Waals surface area contributed by atoms with E-state index in [0.29, 0.717) is 17.8 Å². The van der Waals surface area contributed by atoms with Crippen LogP contribution in [0.5, 0.6) is 5.88 Å². The minimum atomic E-state index is 0.429. The summed E-state index contributed by atoms with van der Waals surface area (Å²) in [6.45, 7) is 5.30. The zero-order valence-electron chi connectivity index (χ0n) is 22.5. The zero-order chi connectivity index (χ0) is 25.7. The smallest absolute Gasteiger partial charge is 0.199 e. The second kappa shape index (κ2) is 11.7. The molecule has 0 unspecified atom stereocenters. The lowest BCUT2D eigenvalue weighted by Gasteiger charge is -2.36. The van der Waals surface area contributed by atoms with Gasteiger partial charge in [0.2, 0.25) is 0 Å². The minimum Gasteiger partial charge on any atom is -0.494 e. The maximum atomic E-state index is 11.1. The van der Waals surface area contributed by atoms with Gasteiger partial charge in [-0.05, 0) is 49.1 Å². The van der Waals surface area contributed by atoms with Gasteiger partial charge in [-0.15, -0.1) is 0 Å². The molecule has 0 atom stereocenters. The third kappa shape index (κ3) is 5.47. The molecule has 2 aliphatic rings. The van der Waals surface area contributed by atoms with Crippen LogP contribution < -0.4 is 4.90 Å². The summed E-state index contributed by atoms with van der Waals surface area (Å²) in [6.07, 6.45) is 10.9. The van der Waals surface area contributed by atoms with Gasteiger partial charge >= 0.3 is 0 Å². The molecule has 4 nitrogen and oxygen atoms in total. The third-order valence-corrected chi connectivity index (χ3v) is 8.89. The Hall–Kier alpha value is -3.24. The van der Waals surface area contributed by atoms with Crippen LogP contribution in [0.4, 0.5) is 5.69 Å². The van der Waals surface area contributed by atoms with Crippen LogP contribution in [0.25, 0.3) is 10.8 Å². The molecule has 4 aromatic rings. The molecule has 3 aromatic carbocycles. The molecule has 1 aliphatic carbocycles. The highest BCUT2D eigenvalue weighted by atomic mass is 16.3. The monoisotopic (exact) mass is 507 g/mol. The molecule has 2 fully saturated rings. The number of benzene rings is 3. The quantitative estimate of drug-likeness (QED) is 0.262. The van der Waals surface area contributed by atoms with E-state index in [1.54, 1.807) is 0 Å². The number of piperazine rings is 1. The lowest BCUT2D eigenvalue weighted by atomic mass is 9.88. The van der Waals surface area contributed by atoms with E-state index in [1.165, 1.54) is 55.3 Å². The van der Waals surface area contributed by atoms with Crippen LogP contribution >= 0.6 is 0 Å². The van der Waals surface area contributed by atoms with Crippen LogP contribution in [0.2, 0.25) is 0 Å². The van der Waals surface area contributed by atoms with Crippen molar-refractivity contribution < 1.29 is 5.11 Å². The Morgan fingerprint density at radius 2 is 1.37 bits per heavy atom. The lowest BCUT2D eigenvalue weighted by molar-refractivity contribution is 0.251. The summed E-state index contributed by atoms with van der Waals surface area (Å²) in [6, 6.07) is 29.0. The second-order valence-electron chi connectivity index (χ2n) is 11.3. The van der Waals surface area contributed by atoms with Crippen molar-refractivity contribution in [3.63, 3.8) is 0 Å². The maximum absolute atomic E-state index is 11.1. The first-order valence-corrected chi connectivity index (χ1v) is 14.7. The molecule has 4 heteroatoms. The lowest BCUT2D eigenvalue weighted by Crippen LogP contribution is -2.46. The molecule has 1 N–H and O–H groups in total. The van der Waals surface area contributed by atoms with E-state index < -0.39 is 0 Å². The van der Waals surface area contributed by atoms with Crippen molar-refractivity contribution in [3.05, 3.63) is 96.2 Å². The van der Waals surface area contributed by atoms with Crippen LogP contribution in [-0.4, -0.2) is 47.3 Å². The van der Waals surface area contributed by atoms with Gasteiger partial charge < -0.3 is 14.6 Å². The molecule has 0 bridgehead atoms. The summed E-state index contributed by atoms with van der Waals surface area (Å²) in [5.74, 6) is 0.888. The molecule has 0 amide bonds. The fraction of sp³-hybridized carbons (Fsp3) is 0.412. The van der Waals surface area contributed by atoms with E-state index in [4.69, 9.17) is 0 Å². The van der Waals surface area contributed by atoms with Crippen molar-refractivity contribution >= 4 is 16.5 Å². The Bertz CT molecular complexity index is 1260. The van der Waals surface area contributed by atoms with E-state index >= 15 is 0 Å². The van der Waals surface area contributed by atoms with E-state index in [1.807, 2.05) is 0 Å². The molecule has 38 heavy (non-hydrogen) atoms. The largest absolute Gasteiger partial charge is 0.494 e. The molecule has 0 spiro atoms. The van der Waals surface area contributed by atoms with E-state index in [-0.39, 0.29) is 0 Å². The van der Waals surface area contributed by atoms with Gasteiger partial charge in [-0.25, -0.2) is 0 Å². The second-order valence-corrected chi connectivity index (χ2v) is 11.3. The summed E-state index contributed by atoms with van der Waals surface area (Å²) in [5, 5.41) is 13.3. The van der Waals surface area contributed by atoms with Gasteiger partial charge in [0.05, 0.1) is 0 Å². The predicted molar refractivity (Wildman–Crippen MR) is 158 cm³/mol. The Kier molecular flexibility index (Phi) is 7.69. The highest BCUT2D eigenvalue weighted by molar-refractivity contribution is 5.91. The predicted octanol–water partition coefficient (Wildman–Crippen LogP) is 7.59. The van der Waals surface area contributed by atoms with Gasteiger partial charge in [0, 0.05) is 60.8 Å². The van der Waals surface area contributed by atoms with Crippen molar-refractivity contribution in [1.82, 2.24) is 9.47 Å². The van der Waals surface area contributed by atoms with Gasteiger partial charge in [0.15, 0.2) is 5.88 Å². The number of rotatable bonds is 7. The molecule has 6 rings (SSSR count). The fourth-order valence-corrected chi connectivity index (χ4v) is 6.65. The van der Waals surface area contributed by atoms with Crippen molar-refractivity contribution in [2.45, 2.75) is 56.9 Å². The Balaban J connectivity index is 1.10. The first kappa shape index (κ1) is 25.1. The van der Waals surface area contributed by atoms with Gasteiger partial charge in [-0.2, -0.15) is 0 Å². The van der Waals surface area contributed by atoms with Crippen molar-refractivity contribution in [1.29, 1.82) is 0 Å². The standard InChI is InChI=1S/C34H41N3O/c38-34-33-25-31(18-17-29(33)26-37(34)30-15-9-1-2-10-16-30)36-23-21-35(22-24-36)20-19-32(27-11-5-3-6-12-27)28-13-7-4-8-14-28/h3-8,11-14,17-18,25-26,30,32,38H,1-2,9-10,15-16,19-24H2. The maximum Gasteiger partial charge on any atom is 0.199 e. The SMILES string of the molecule is Oc1c2cc(N3CCN(CCC(c4ccccc4)c4ccccc4)CC3)ccc2cn1C1CCCCCC1. The zero-order valence-corrected chi connectivity index (χ0v) is 22.5. The summed E-state index contributed by atoms with van der Waals surface area (Å²) >= 11 is 0. The molecular weight excluding hydrogens is 466 g/mol. The number of anilines is 1.